The van der Waals surface area contributed by atoms with Crippen molar-refractivity contribution in [1.29, 1.82) is 0 Å². The molecule has 0 radical (unpaired) electrons. The van der Waals surface area contributed by atoms with Crippen LogP contribution in [0.3, 0.4) is 0 Å². The molecule has 98 valence electrons. The SMILES string of the molecule is CC1NC(c2ccccc2)N(CCS(C)=O)C1=O. The summed E-state index contributed by atoms with van der Waals surface area (Å²) in [6.07, 6.45) is 1.56. The van der Waals surface area contributed by atoms with Gasteiger partial charge < -0.3 is 4.90 Å². The largest absolute Gasteiger partial charge is 0.321 e. The van der Waals surface area contributed by atoms with Crippen molar-refractivity contribution >= 4 is 16.7 Å². The van der Waals surface area contributed by atoms with E-state index in [1.54, 1.807) is 11.2 Å². The van der Waals surface area contributed by atoms with Crippen molar-refractivity contribution in [3.8, 4) is 0 Å². The van der Waals surface area contributed by atoms with Gasteiger partial charge in [0.1, 0.15) is 6.17 Å². The standard InChI is InChI=1S/C13H18N2O2S/c1-10-13(16)15(8-9-18(2)17)12(14-10)11-6-4-3-5-7-11/h3-7,10,12,14H,8-9H2,1-2H3. The second-order valence-electron chi connectivity index (χ2n) is 4.51. The van der Waals surface area contributed by atoms with Crippen LogP contribution in [0, 0.1) is 0 Å². The molecule has 1 amide bonds. The number of amides is 1. The first-order valence-electron chi connectivity index (χ1n) is 6.01. The second-order valence-corrected chi connectivity index (χ2v) is 6.07. The number of nitrogens with one attached hydrogen (secondary N) is 1. The molecule has 0 aliphatic carbocycles. The Morgan fingerprint density at radius 1 is 1.33 bits per heavy atom. The molecule has 1 heterocycles. The van der Waals surface area contributed by atoms with E-state index in [1.165, 1.54) is 0 Å². The lowest BCUT2D eigenvalue weighted by Crippen LogP contribution is -2.33. The summed E-state index contributed by atoms with van der Waals surface area (Å²) in [7, 11) is -0.881. The van der Waals surface area contributed by atoms with Crippen LogP contribution in [-0.4, -0.2) is 39.6 Å². The first-order valence-corrected chi connectivity index (χ1v) is 7.74. The van der Waals surface area contributed by atoms with Gasteiger partial charge in [-0.05, 0) is 12.5 Å². The highest BCUT2D eigenvalue weighted by Gasteiger charge is 2.36. The van der Waals surface area contributed by atoms with Gasteiger partial charge in [-0.25, -0.2) is 0 Å². The molecular weight excluding hydrogens is 248 g/mol. The third-order valence-corrected chi connectivity index (χ3v) is 3.87. The molecule has 1 N–H and O–H groups in total. The third-order valence-electron chi connectivity index (χ3n) is 3.11. The fourth-order valence-corrected chi connectivity index (χ4v) is 2.61. The molecule has 5 heteroatoms. The average molecular weight is 266 g/mol. The molecule has 1 aliphatic rings. The number of rotatable bonds is 4. The first kappa shape index (κ1) is 13.2. The van der Waals surface area contributed by atoms with Crippen molar-refractivity contribution < 1.29 is 9.00 Å². The topological polar surface area (TPSA) is 49.4 Å². The Balaban J connectivity index is 2.17. The zero-order valence-electron chi connectivity index (χ0n) is 10.6. The number of carbonyl (C=O) groups is 1. The van der Waals surface area contributed by atoms with Gasteiger partial charge in [0.05, 0.1) is 6.04 Å². The van der Waals surface area contributed by atoms with E-state index in [0.717, 1.165) is 5.56 Å². The van der Waals surface area contributed by atoms with Gasteiger partial charge in [-0.2, -0.15) is 0 Å². The van der Waals surface area contributed by atoms with Gasteiger partial charge in [-0.1, -0.05) is 30.3 Å². The van der Waals surface area contributed by atoms with E-state index < -0.39 is 10.8 Å². The Kier molecular flexibility index (Phi) is 4.14. The monoisotopic (exact) mass is 266 g/mol. The Bertz CT molecular complexity index is 450. The minimum Gasteiger partial charge on any atom is -0.321 e. The van der Waals surface area contributed by atoms with E-state index in [1.807, 2.05) is 37.3 Å². The summed E-state index contributed by atoms with van der Waals surface area (Å²) >= 11 is 0. The predicted octanol–water partition coefficient (Wildman–Crippen LogP) is 0.884. The summed E-state index contributed by atoms with van der Waals surface area (Å²) in [6, 6.07) is 9.69. The Hall–Kier alpha value is -1.20. The number of hydrogen-bond donors (Lipinski definition) is 1. The van der Waals surface area contributed by atoms with E-state index in [-0.39, 0.29) is 18.1 Å². The average Bonchev–Trinajstić information content (AvgIpc) is 2.64. The van der Waals surface area contributed by atoms with E-state index in [9.17, 15) is 9.00 Å². The fraction of sp³-hybridized carbons (Fsp3) is 0.462. The Labute approximate surface area is 110 Å². The van der Waals surface area contributed by atoms with Crippen molar-refractivity contribution in [2.75, 3.05) is 18.6 Å². The zero-order valence-corrected chi connectivity index (χ0v) is 11.4. The molecule has 0 saturated carbocycles. The smallest absolute Gasteiger partial charge is 0.241 e. The number of nitrogens with zero attached hydrogens (tertiary/aromatic N) is 1. The fourth-order valence-electron chi connectivity index (χ4n) is 2.15. The second kappa shape index (κ2) is 5.63. The predicted molar refractivity (Wildman–Crippen MR) is 72.4 cm³/mol. The summed E-state index contributed by atoms with van der Waals surface area (Å²) < 4.78 is 11.2. The highest BCUT2D eigenvalue weighted by Crippen LogP contribution is 2.24. The molecule has 0 aromatic heterocycles. The van der Waals surface area contributed by atoms with Crippen molar-refractivity contribution in [2.45, 2.75) is 19.1 Å². The normalized spacial score (nSPS) is 25.4. The summed E-state index contributed by atoms with van der Waals surface area (Å²) in [5.41, 5.74) is 1.07. The highest BCUT2D eigenvalue weighted by atomic mass is 32.2. The van der Waals surface area contributed by atoms with Crippen LogP contribution in [0.2, 0.25) is 0 Å². The van der Waals surface area contributed by atoms with E-state index in [4.69, 9.17) is 0 Å². The minimum atomic E-state index is -0.881. The Morgan fingerprint density at radius 2 is 2.00 bits per heavy atom. The van der Waals surface area contributed by atoms with Crippen LogP contribution in [0.25, 0.3) is 0 Å². The van der Waals surface area contributed by atoms with E-state index >= 15 is 0 Å². The minimum absolute atomic E-state index is 0.0781. The van der Waals surface area contributed by atoms with Crippen LogP contribution in [0.1, 0.15) is 18.7 Å². The lowest BCUT2D eigenvalue weighted by atomic mass is 10.1. The molecule has 1 aromatic carbocycles. The van der Waals surface area contributed by atoms with Gasteiger partial charge >= 0.3 is 0 Å². The summed E-state index contributed by atoms with van der Waals surface area (Å²) in [4.78, 5) is 13.8. The van der Waals surface area contributed by atoms with Crippen molar-refractivity contribution in [3.63, 3.8) is 0 Å². The molecule has 0 spiro atoms. The Morgan fingerprint density at radius 3 is 2.61 bits per heavy atom. The van der Waals surface area contributed by atoms with Crippen molar-refractivity contribution in [1.82, 2.24) is 10.2 Å². The quantitative estimate of drug-likeness (QED) is 0.880. The summed E-state index contributed by atoms with van der Waals surface area (Å²) in [6.45, 7) is 2.39. The van der Waals surface area contributed by atoms with Crippen LogP contribution in [-0.2, 0) is 15.6 Å². The van der Waals surface area contributed by atoms with Crippen LogP contribution in [0.15, 0.2) is 30.3 Å². The zero-order chi connectivity index (χ0) is 13.1. The number of hydrogen-bond acceptors (Lipinski definition) is 3. The first-order chi connectivity index (χ1) is 8.59. The van der Waals surface area contributed by atoms with Crippen LogP contribution < -0.4 is 5.32 Å². The molecule has 18 heavy (non-hydrogen) atoms. The van der Waals surface area contributed by atoms with Gasteiger partial charge in [0.25, 0.3) is 0 Å². The van der Waals surface area contributed by atoms with Gasteiger partial charge in [0.15, 0.2) is 0 Å². The molecule has 1 aromatic rings. The number of carbonyl (C=O) groups excluding carboxylic acids is 1. The van der Waals surface area contributed by atoms with E-state index in [0.29, 0.717) is 12.3 Å². The van der Waals surface area contributed by atoms with Crippen molar-refractivity contribution in [3.05, 3.63) is 35.9 Å². The lowest BCUT2D eigenvalue weighted by Gasteiger charge is -2.24. The molecule has 4 nitrogen and oxygen atoms in total. The summed E-state index contributed by atoms with van der Waals surface area (Å²) in [5, 5.41) is 3.27. The molecule has 1 fully saturated rings. The van der Waals surface area contributed by atoms with Gasteiger partial charge in [0, 0.05) is 29.4 Å². The molecule has 1 saturated heterocycles. The van der Waals surface area contributed by atoms with Crippen LogP contribution in [0.4, 0.5) is 0 Å². The van der Waals surface area contributed by atoms with Gasteiger partial charge in [0.2, 0.25) is 5.91 Å². The van der Waals surface area contributed by atoms with Crippen molar-refractivity contribution in [2.24, 2.45) is 0 Å². The summed E-state index contributed by atoms with van der Waals surface area (Å²) in [5.74, 6) is 0.595. The van der Waals surface area contributed by atoms with Crippen LogP contribution >= 0.6 is 0 Å². The maximum atomic E-state index is 12.1. The molecule has 1 aliphatic heterocycles. The molecule has 3 unspecified atom stereocenters. The molecule has 2 rings (SSSR count). The highest BCUT2D eigenvalue weighted by molar-refractivity contribution is 7.84. The maximum Gasteiger partial charge on any atom is 0.241 e. The number of benzene rings is 1. The van der Waals surface area contributed by atoms with E-state index in [2.05, 4.69) is 5.32 Å². The van der Waals surface area contributed by atoms with Gasteiger partial charge in [-0.3, -0.25) is 14.3 Å². The maximum absolute atomic E-state index is 12.1. The molecule has 0 bridgehead atoms. The molecule has 3 atom stereocenters. The third kappa shape index (κ3) is 2.79. The van der Waals surface area contributed by atoms with Gasteiger partial charge in [-0.15, -0.1) is 0 Å². The van der Waals surface area contributed by atoms with Crippen LogP contribution in [0.5, 0.6) is 0 Å². The lowest BCUT2D eigenvalue weighted by molar-refractivity contribution is -0.129. The molecular formula is C13H18N2O2S.